The second kappa shape index (κ2) is 19.1. The summed E-state index contributed by atoms with van der Waals surface area (Å²) in [5.74, 6) is 0. The molecule has 10 aromatic rings. The number of thiophene rings is 4. The Morgan fingerprint density at radius 1 is 0.229 bits per heavy atom. The molecule has 0 unspecified atom stereocenters. The average molecular weight is 985 g/mol. The summed E-state index contributed by atoms with van der Waals surface area (Å²) in [6, 6.07) is 55.3. The number of anilines is 6. The summed E-state index contributed by atoms with van der Waals surface area (Å²) < 4.78 is 0. The van der Waals surface area contributed by atoms with Crippen LogP contribution in [0.25, 0.3) is 52.9 Å². The standard InChI is InChI=1S/C64H60N2S4/c1-37-33-61(67-45(37)9)57-25-21-53(29-41(57)5)65(54-22-26-58(42(6)30-54)62-34-38(2)46(10)68-62)51-17-13-49(14-18-51)50-15-19-52(20-16-50)66(55-23-27-59(43(7)31-55)63-35-39(3)47(11)69-63)56-24-28-60(44(8)32-56)64-36-40(4)48(12)70-64/h13-36H,1-12H3. The fourth-order valence-corrected chi connectivity index (χ4v) is 14.1. The summed E-state index contributed by atoms with van der Waals surface area (Å²) in [4.78, 5) is 15.6. The minimum absolute atomic E-state index is 1.12. The highest BCUT2D eigenvalue weighted by atomic mass is 32.1. The molecule has 350 valence electrons. The fourth-order valence-electron chi connectivity index (χ4n) is 9.58. The Morgan fingerprint density at radius 3 is 0.629 bits per heavy atom. The van der Waals surface area contributed by atoms with Crippen LogP contribution in [0.15, 0.2) is 146 Å². The van der Waals surface area contributed by atoms with E-state index in [1.807, 2.05) is 45.3 Å². The van der Waals surface area contributed by atoms with Crippen molar-refractivity contribution in [1.29, 1.82) is 0 Å². The Hall–Kier alpha value is -6.28. The Kier molecular flexibility index (Phi) is 13.0. The van der Waals surface area contributed by atoms with E-state index in [-0.39, 0.29) is 0 Å². The van der Waals surface area contributed by atoms with E-state index in [0.29, 0.717) is 0 Å². The van der Waals surface area contributed by atoms with Crippen LogP contribution in [0, 0.1) is 83.1 Å². The molecule has 0 aliphatic rings. The van der Waals surface area contributed by atoms with Crippen molar-refractivity contribution in [2.24, 2.45) is 0 Å². The lowest BCUT2D eigenvalue weighted by Crippen LogP contribution is -2.11. The number of nitrogens with zero attached hydrogens (tertiary/aromatic N) is 2. The lowest BCUT2D eigenvalue weighted by atomic mass is 10.0. The van der Waals surface area contributed by atoms with Crippen LogP contribution < -0.4 is 9.80 Å². The number of hydrogen-bond acceptors (Lipinski definition) is 6. The molecular formula is C64H60N2S4. The molecule has 0 saturated carbocycles. The zero-order valence-electron chi connectivity index (χ0n) is 42.4. The second-order valence-electron chi connectivity index (χ2n) is 19.2. The summed E-state index contributed by atoms with van der Waals surface area (Å²) in [6.07, 6.45) is 0. The zero-order chi connectivity index (χ0) is 49.1. The molecule has 0 aliphatic heterocycles. The van der Waals surface area contributed by atoms with Crippen molar-refractivity contribution in [2.45, 2.75) is 83.1 Å². The van der Waals surface area contributed by atoms with Crippen molar-refractivity contribution in [3.05, 3.63) is 210 Å². The first kappa shape index (κ1) is 47.4. The Balaban J connectivity index is 1.00. The summed E-state index contributed by atoms with van der Waals surface area (Å²) in [5.41, 5.74) is 24.8. The van der Waals surface area contributed by atoms with Crippen molar-refractivity contribution < 1.29 is 0 Å². The van der Waals surface area contributed by atoms with Gasteiger partial charge in [0.2, 0.25) is 0 Å². The number of benzene rings is 6. The van der Waals surface area contributed by atoms with Crippen LogP contribution in [0.3, 0.4) is 0 Å². The van der Waals surface area contributed by atoms with Crippen molar-refractivity contribution in [2.75, 3.05) is 9.80 Å². The van der Waals surface area contributed by atoms with Crippen LogP contribution in [0.1, 0.15) is 64.0 Å². The van der Waals surface area contributed by atoms with Gasteiger partial charge >= 0.3 is 0 Å². The van der Waals surface area contributed by atoms with Gasteiger partial charge < -0.3 is 9.80 Å². The molecule has 0 atom stereocenters. The Bertz CT molecular complexity index is 3070. The predicted molar refractivity (Wildman–Crippen MR) is 311 cm³/mol. The SMILES string of the molecule is Cc1cc(N(c2ccc(-c3ccc(N(c4ccc(-c5cc(C)c(C)s5)c(C)c4)c4ccc(-c5cc(C)c(C)s5)c(C)c4)cc3)cc2)c2ccc(-c3cc(C)c(C)s3)c(C)c2)ccc1-c1cc(C)c(C)s1. The molecule has 0 N–H and O–H groups in total. The lowest BCUT2D eigenvalue weighted by Gasteiger charge is -2.28. The quantitative estimate of drug-likeness (QED) is 0.127. The maximum Gasteiger partial charge on any atom is 0.0464 e. The topological polar surface area (TPSA) is 6.48 Å². The molecule has 0 radical (unpaired) electrons. The van der Waals surface area contributed by atoms with Crippen molar-refractivity contribution >= 4 is 79.5 Å². The molecule has 6 aromatic carbocycles. The van der Waals surface area contributed by atoms with Gasteiger partial charge in [-0.3, -0.25) is 0 Å². The molecule has 0 fully saturated rings. The van der Waals surface area contributed by atoms with E-state index >= 15 is 0 Å². The van der Waals surface area contributed by atoms with Crippen molar-refractivity contribution in [1.82, 2.24) is 0 Å². The summed E-state index contributed by atoms with van der Waals surface area (Å²) in [7, 11) is 0. The van der Waals surface area contributed by atoms with E-state index in [2.05, 4.69) is 238 Å². The van der Waals surface area contributed by atoms with Crippen LogP contribution in [0.2, 0.25) is 0 Å². The molecule has 0 bridgehead atoms. The van der Waals surface area contributed by atoms with Gasteiger partial charge in [0.1, 0.15) is 0 Å². The monoisotopic (exact) mass is 984 g/mol. The van der Waals surface area contributed by atoms with Gasteiger partial charge in [0.15, 0.2) is 0 Å². The van der Waals surface area contributed by atoms with E-state index in [1.54, 1.807) is 0 Å². The molecule has 70 heavy (non-hydrogen) atoms. The normalized spacial score (nSPS) is 11.4. The van der Waals surface area contributed by atoms with Crippen molar-refractivity contribution in [3.8, 4) is 52.9 Å². The average Bonchev–Trinajstić information content (AvgIpc) is 4.07. The van der Waals surface area contributed by atoms with Crippen molar-refractivity contribution in [3.63, 3.8) is 0 Å². The van der Waals surface area contributed by atoms with Crippen LogP contribution in [0.5, 0.6) is 0 Å². The molecule has 0 saturated heterocycles. The highest BCUT2D eigenvalue weighted by Gasteiger charge is 2.20. The molecule has 0 aliphatic carbocycles. The minimum Gasteiger partial charge on any atom is -0.310 e. The number of aryl methyl sites for hydroxylation is 12. The van der Waals surface area contributed by atoms with E-state index in [9.17, 15) is 0 Å². The smallest absolute Gasteiger partial charge is 0.0464 e. The van der Waals surface area contributed by atoms with Gasteiger partial charge in [0, 0.05) is 73.1 Å². The third kappa shape index (κ3) is 9.15. The third-order valence-corrected chi connectivity index (χ3v) is 18.9. The Morgan fingerprint density at radius 2 is 0.443 bits per heavy atom. The first-order valence-corrected chi connectivity index (χ1v) is 27.4. The summed E-state index contributed by atoms with van der Waals surface area (Å²) in [6.45, 7) is 26.7. The van der Waals surface area contributed by atoms with Crippen LogP contribution >= 0.6 is 45.3 Å². The lowest BCUT2D eigenvalue weighted by molar-refractivity contribution is 1.26. The molecule has 4 aromatic heterocycles. The van der Waals surface area contributed by atoms with Gasteiger partial charge in [-0.15, -0.1) is 45.3 Å². The van der Waals surface area contributed by atoms with Gasteiger partial charge in [-0.25, -0.2) is 0 Å². The highest BCUT2D eigenvalue weighted by molar-refractivity contribution is 7.16. The fraction of sp³-hybridized carbons (Fsp3) is 0.188. The zero-order valence-corrected chi connectivity index (χ0v) is 45.6. The van der Waals surface area contributed by atoms with Crippen LogP contribution in [-0.2, 0) is 0 Å². The highest BCUT2D eigenvalue weighted by Crippen LogP contribution is 2.45. The van der Waals surface area contributed by atoms with Gasteiger partial charge in [0.25, 0.3) is 0 Å². The van der Waals surface area contributed by atoms with Gasteiger partial charge in [-0.1, -0.05) is 48.5 Å². The molecule has 4 heterocycles. The van der Waals surface area contributed by atoms with E-state index in [1.165, 1.54) is 117 Å². The maximum absolute atomic E-state index is 2.41. The molecule has 10 rings (SSSR count). The van der Waals surface area contributed by atoms with Gasteiger partial charge in [-0.2, -0.15) is 0 Å². The van der Waals surface area contributed by atoms with E-state index < -0.39 is 0 Å². The van der Waals surface area contributed by atoms with E-state index in [0.717, 1.165) is 34.1 Å². The largest absolute Gasteiger partial charge is 0.310 e. The van der Waals surface area contributed by atoms with Gasteiger partial charge in [-0.05, 0) is 258 Å². The van der Waals surface area contributed by atoms with Crippen LogP contribution in [-0.4, -0.2) is 0 Å². The van der Waals surface area contributed by atoms with E-state index in [4.69, 9.17) is 0 Å². The Labute approximate surface area is 431 Å². The molecule has 2 nitrogen and oxygen atoms in total. The minimum atomic E-state index is 1.12. The molecule has 0 amide bonds. The first-order valence-electron chi connectivity index (χ1n) is 24.1. The number of rotatable bonds is 11. The molecule has 6 heteroatoms. The molecule has 0 spiro atoms. The number of hydrogen-bond donors (Lipinski definition) is 0. The maximum atomic E-state index is 2.41. The third-order valence-electron chi connectivity index (χ3n) is 14.2. The summed E-state index contributed by atoms with van der Waals surface area (Å²) >= 11 is 7.52. The summed E-state index contributed by atoms with van der Waals surface area (Å²) in [5, 5.41) is 0. The first-order chi connectivity index (χ1) is 33.6. The second-order valence-corrected chi connectivity index (χ2v) is 24.2. The van der Waals surface area contributed by atoms with Gasteiger partial charge in [0.05, 0.1) is 0 Å². The predicted octanol–water partition coefficient (Wildman–Crippen LogP) is 20.9. The van der Waals surface area contributed by atoms with Crippen LogP contribution in [0.4, 0.5) is 34.1 Å². The molecular weight excluding hydrogens is 925 g/mol.